The highest BCUT2D eigenvalue weighted by atomic mass is 16.5. The number of aromatic nitrogens is 3. The van der Waals surface area contributed by atoms with Crippen molar-refractivity contribution in [3.63, 3.8) is 0 Å². The molecule has 0 bridgehead atoms. The van der Waals surface area contributed by atoms with E-state index in [-0.39, 0.29) is 0 Å². The minimum atomic E-state index is 0.492. The molecule has 6 heteroatoms. The Kier molecular flexibility index (Phi) is 4.81. The molecule has 0 aliphatic rings. The Labute approximate surface area is 119 Å². The lowest BCUT2D eigenvalue weighted by molar-refractivity contribution is 0.307. The number of pyridine rings is 1. The molecule has 0 radical (unpaired) electrons. The fourth-order valence-corrected chi connectivity index (χ4v) is 1.75. The van der Waals surface area contributed by atoms with Crippen LogP contribution in [-0.4, -0.2) is 27.9 Å². The number of hydrogen-bond donors (Lipinski definition) is 2. The van der Waals surface area contributed by atoms with Crippen molar-refractivity contribution in [3.8, 4) is 5.88 Å². The number of anilines is 2. The van der Waals surface area contributed by atoms with E-state index in [9.17, 15) is 0 Å². The molecule has 0 amide bonds. The Bertz CT molecular complexity index is 552. The van der Waals surface area contributed by atoms with Gasteiger partial charge in [0.25, 0.3) is 0 Å². The highest BCUT2D eigenvalue weighted by Gasteiger charge is 2.04. The largest absolute Gasteiger partial charge is 0.476 e. The number of hydrogen-bond acceptors (Lipinski definition) is 5. The van der Waals surface area contributed by atoms with Crippen molar-refractivity contribution in [2.45, 2.75) is 26.8 Å². The summed E-state index contributed by atoms with van der Waals surface area (Å²) in [6.45, 7) is 6.21. The lowest BCUT2D eigenvalue weighted by Crippen LogP contribution is -2.12. The maximum Gasteiger partial charge on any atom is 0.239 e. The van der Waals surface area contributed by atoms with Gasteiger partial charge in [0, 0.05) is 12.7 Å². The standard InChI is InChI=1S/C14H21N5O/c1-3-8-20-14-12(15)4-5-13(18-14)16-6-7-19-10-11(2)9-17-19/h4-5,9-10H,3,6-8,15H2,1-2H3,(H,16,18). The third-order valence-electron chi connectivity index (χ3n) is 2.74. The van der Waals surface area contributed by atoms with E-state index >= 15 is 0 Å². The Balaban J connectivity index is 1.89. The van der Waals surface area contributed by atoms with Crippen molar-refractivity contribution in [2.24, 2.45) is 0 Å². The van der Waals surface area contributed by atoms with Gasteiger partial charge in [-0.3, -0.25) is 4.68 Å². The SMILES string of the molecule is CCCOc1nc(NCCn2cc(C)cn2)ccc1N. The molecule has 0 unspecified atom stereocenters. The van der Waals surface area contributed by atoms with Crippen LogP contribution in [0, 0.1) is 6.92 Å². The zero-order chi connectivity index (χ0) is 14.4. The molecule has 0 saturated carbocycles. The molecular weight excluding hydrogens is 254 g/mol. The van der Waals surface area contributed by atoms with Crippen molar-refractivity contribution in [3.05, 3.63) is 30.1 Å². The average molecular weight is 275 g/mol. The van der Waals surface area contributed by atoms with Crippen molar-refractivity contribution in [1.29, 1.82) is 0 Å². The first-order valence-corrected chi connectivity index (χ1v) is 6.81. The smallest absolute Gasteiger partial charge is 0.239 e. The summed E-state index contributed by atoms with van der Waals surface area (Å²) in [5.74, 6) is 1.25. The second-order valence-corrected chi connectivity index (χ2v) is 4.65. The molecule has 2 rings (SSSR count). The van der Waals surface area contributed by atoms with Crippen LogP contribution >= 0.6 is 0 Å². The average Bonchev–Trinajstić information content (AvgIpc) is 2.85. The van der Waals surface area contributed by atoms with Gasteiger partial charge in [-0.15, -0.1) is 0 Å². The molecule has 0 aliphatic carbocycles. The Hall–Kier alpha value is -2.24. The molecule has 6 nitrogen and oxygen atoms in total. The Morgan fingerprint density at radius 2 is 2.25 bits per heavy atom. The first kappa shape index (κ1) is 14.2. The van der Waals surface area contributed by atoms with E-state index in [1.807, 2.05) is 37.0 Å². The summed E-state index contributed by atoms with van der Waals surface area (Å²) < 4.78 is 7.40. The van der Waals surface area contributed by atoms with Gasteiger partial charge in [-0.05, 0) is 31.0 Å². The van der Waals surface area contributed by atoms with E-state index in [2.05, 4.69) is 15.4 Å². The minimum absolute atomic E-state index is 0.492. The molecule has 0 spiro atoms. The molecular formula is C14H21N5O. The van der Waals surface area contributed by atoms with Crippen LogP contribution in [0.2, 0.25) is 0 Å². The zero-order valence-electron chi connectivity index (χ0n) is 12.0. The molecule has 0 atom stereocenters. The van der Waals surface area contributed by atoms with E-state index in [0.29, 0.717) is 18.2 Å². The third-order valence-corrected chi connectivity index (χ3v) is 2.74. The molecule has 20 heavy (non-hydrogen) atoms. The fourth-order valence-electron chi connectivity index (χ4n) is 1.75. The van der Waals surface area contributed by atoms with Crippen LogP contribution in [0.25, 0.3) is 0 Å². The van der Waals surface area contributed by atoms with Crippen molar-refractivity contribution < 1.29 is 4.74 Å². The van der Waals surface area contributed by atoms with Gasteiger partial charge < -0.3 is 15.8 Å². The van der Waals surface area contributed by atoms with E-state index in [4.69, 9.17) is 10.5 Å². The predicted octanol–water partition coefficient (Wildman–Crippen LogP) is 2.07. The molecule has 0 aliphatic heterocycles. The van der Waals surface area contributed by atoms with Gasteiger partial charge in [0.15, 0.2) is 0 Å². The molecule has 108 valence electrons. The summed E-state index contributed by atoms with van der Waals surface area (Å²) in [4.78, 5) is 4.36. The van der Waals surface area contributed by atoms with E-state index in [1.165, 1.54) is 0 Å². The second-order valence-electron chi connectivity index (χ2n) is 4.65. The molecule has 2 aromatic rings. The van der Waals surface area contributed by atoms with Crippen LogP contribution < -0.4 is 15.8 Å². The number of rotatable bonds is 7. The molecule has 2 aromatic heterocycles. The summed E-state index contributed by atoms with van der Waals surface area (Å²) >= 11 is 0. The van der Waals surface area contributed by atoms with Crippen LogP contribution in [-0.2, 0) is 6.54 Å². The van der Waals surface area contributed by atoms with Crippen molar-refractivity contribution in [1.82, 2.24) is 14.8 Å². The molecule has 0 fully saturated rings. The summed E-state index contributed by atoms with van der Waals surface area (Å²) in [5.41, 5.74) is 7.54. The number of nitrogens with one attached hydrogen (secondary N) is 1. The van der Waals surface area contributed by atoms with Crippen LogP contribution in [0.1, 0.15) is 18.9 Å². The van der Waals surface area contributed by atoms with Gasteiger partial charge >= 0.3 is 0 Å². The first-order chi connectivity index (χ1) is 9.69. The van der Waals surface area contributed by atoms with Gasteiger partial charge in [0.2, 0.25) is 5.88 Å². The van der Waals surface area contributed by atoms with Gasteiger partial charge in [0.05, 0.1) is 25.0 Å². The Morgan fingerprint density at radius 3 is 2.95 bits per heavy atom. The van der Waals surface area contributed by atoms with Crippen LogP contribution in [0.15, 0.2) is 24.5 Å². The number of ether oxygens (including phenoxy) is 1. The maximum absolute atomic E-state index is 5.82. The number of nitrogens with two attached hydrogens (primary N) is 1. The van der Waals surface area contributed by atoms with Crippen molar-refractivity contribution >= 4 is 11.5 Å². The van der Waals surface area contributed by atoms with E-state index in [1.54, 1.807) is 6.07 Å². The van der Waals surface area contributed by atoms with E-state index in [0.717, 1.165) is 30.9 Å². The maximum atomic E-state index is 5.82. The lowest BCUT2D eigenvalue weighted by atomic mass is 10.4. The highest BCUT2D eigenvalue weighted by molar-refractivity contribution is 5.53. The van der Waals surface area contributed by atoms with Gasteiger partial charge in [0.1, 0.15) is 5.82 Å². The van der Waals surface area contributed by atoms with Gasteiger partial charge in [-0.2, -0.15) is 10.1 Å². The van der Waals surface area contributed by atoms with Gasteiger partial charge in [-0.1, -0.05) is 6.92 Å². The molecule has 3 N–H and O–H groups in total. The van der Waals surface area contributed by atoms with Crippen LogP contribution in [0.4, 0.5) is 11.5 Å². The lowest BCUT2D eigenvalue weighted by Gasteiger charge is -2.10. The molecule has 0 aromatic carbocycles. The summed E-state index contributed by atoms with van der Waals surface area (Å²) in [5, 5.41) is 7.47. The van der Waals surface area contributed by atoms with Gasteiger partial charge in [-0.25, -0.2) is 0 Å². The van der Waals surface area contributed by atoms with Crippen LogP contribution in [0.3, 0.4) is 0 Å². The molecule has 0 saturated heterocycles. The van der Waals surface area contributed by atoms with Crippen molar-refractivity contribution in [2.75, 3.05) is 24.2 Å². The summed E-state index contributed by atoms with van der Waals surface area (Å²) in [6.07, 6.45) is 4.78. The Morgan fingerprint density at radius 1 is 1.40 bits per heavy atom. The zero-order valence-corrected chi connectivity index (χ0v) is 12.0. The fraction of sp³-hybridized carbons (Fsp3) is 0.429. The number of aryl methyl sites for hydroxylation is 1. The van der Waals surface area contributed by atoms with Crippen LogP contribution in [0.5, 0.6) is 5.88 Å². The third kappa shape index (κ3) is 3.88. The first-order valence-electron chi connectivity index (χ1n) is 6.81. The topological polar surface area (TPSA) is 78.0 Å². The second kappa shape index (κ2) is 6.79. The predicted molar refractivity (Wildman–Crippen MR) is 79.9 cm³/mol. The summed E-state index contributed by atoms with van der Waals surface area (Å²) in [6, 6.07) is 3.65. The minimum Gasteiger partial charge on any atom is -0.476 e. The monoisotopic (exact) mass is 275 g/mol. The number of nitrogens with zero attached hydrogens (tertiary/aromatic N) is 3. The van der Waals surface area contributed by atoms with E-state index < -0.39 is 0 Å². The number of nitrogen functional groups attached to an aromatic ring is 1. The quantitative estimate of drug-likeness (QED) is 0.808. The highest BCUT2D eigenvalue weighted by Crippen LogP contribution is 2.20. The normalized spacial score (nSPS) is 10.5. The molecule has 2 heterocycles. The summed E-state index contributed by atoms with van der Waals surface area (Å²) in [7, 11) is 0.